The summed E-state index contributed by atoms with van der Waals surface area (Å²) in [7, 11) is 0. The van der Waals surface area contributed by atoms with Gasteiger partial charge in [-0.2, -0.15) is 0 Å². The zero-order valence-electron chi connectivity index (χ0n) is 13.4. The molecule has 2 aromatic rings. The van der Waals surface area contributed by atoms with Gasteiger partial charge in [0.1, 0.15) is 19.0 Å². The fourth-order valence-corrected chi connectivity index (χ4v) is 3.43. The Morgan fingerprint density at radius 3 is 2.91 bits per heavy atom. The highest BCUT2D eigenvalue weighted by molar-refractivity contribution is 5.43. The van der Waals surface area contributed by atoms with E-state index in [0.29, 0.717) is 19.3 Å². The number of hydrogen-bond donors (Lipinski definition) is 0. The number of hydrogen-bond acceptors (Lipinski definition) is 5. The summed E-state index contributed by atoms with van der Waals surface area (Å²) in [5, 5.41) is 0. The minimum atomic E-state index is 0.380. The van der Waals surface area contributed by atoms with Crippen molar-refractivity contribution in [3.05, 3.63) is 47.5 Å². The molecule has 1 aromatic carbocycles. The van der Waals surface area contributed by atoms with E-state index in [0.717, 1.165) is 42.5 Å². The van der Waals surface area contributed by atoms with Gasteiger partial charge in [-0.25, -0.2) is 9.97 Å². The van der Waals surface area contributed by atoms with Crippen molar-refractivity contribution in [2.24, 2.45) is 0 Å². The Morgan fingerprint density at radius 2 is 2.04 bits per heavy atom. The highest BCUT2D eigenvalue weighted by Crippen LogP contribution is 2.35. The number of aryl methyl sites for hydroxylation is 1. The van der Waals surface area contributed by atoms with E-state index in [2.05, 4.69) is 27.0 Å². The third-order valence-corrected chi connectivity index (χ3v) is 4.49. The van der Waals surface area contributed by atoms with E-state index in [1.54, 1.807) is 0 Å². The maximum Gasteiger partial charge on any atom is 0.161 e. The second kappa shape index (κ2) is 6.16. The van der Waals surface area contributed by atoms with Crippen LogP contribution in [0.5, 0.6) is 11.5 Å². The van der Waals surface area contributed by atoms with Crippen LogP contribution >= 0.6 is 0 Å². The largest absolute Gasteiger partial charge is 0.486 e. The van der Waals surface area contributed by atoms with Crippen LogP contribution in [-0.4, -0.2) is 34.6 Å². The highest BCUT2D eigenvalue weighted by Gasteiger charge is 2.27. The second-order valence-electron chi connectivity index (χ2n) is 6.14. The SMILES string of the molecule is Cc1nccc([C@H]2CCCN2Cc2ccc3c(c2)OCCO3)n1. The summed E-state index contributed by atoms with van der Waals surface area (Å²) in [6.07, 6.45) is 4.22. The van der Waals surface area contributed by atoms with Gasteiger partial charge in [0.15, 0.2) is 11.5 Å². The first-order chi connectivity index (χ1) is 11.3. The maximum absolute atomic E-state index is 5.69. The van der Waals surface area contributed by atoms with Crippen molar-refractivity contribution in [3.8, 4) is 11.5 Å². The molecule has 23 heavy (non-hydrogen) atoms. The zero-order valence-corrected chi connectivity index (χ0v) is 13.4. The molecule has 1 atom stereocenters. The number of rotatable bonds is 3. The fraction of sp³-hybridized carbons (Fsp3) is 0.444. The van der Waals surface area contributed by atoms with Gasteiger partial charge in [0.05, 0.1) is 11.7 Å². The summed E-state index contributed by atoms with van der Waals surface area (Å²) in [5.41, 5.74) is 2.39. The number of aromatic nitrogens is 2. The molecule has 0 saturated carbocycles. The van der Waals surface area contributed by atoms with Crippen LogP contribution in [0.25, 0.3) is 0 Å². The lowest BCUT2D eigenvalue weighted by atomic mass is 10.1. The standard InChI is InChI=1S/C18H21N3O2/c1-13-19-7-6-15(20-13)16-3-2-8-21(16)12-14-4-5-17-18(11-14)23-10-9-22-17/h4-7,11,16H,2-3,8-10,12H2,1H3/t16-/m1/s1. The van der Waals surface area contributed by atoms with Gasteiger partial charge >= 0.3 is 0 Å². The fourth-order valence-electron chi connectivity index (χ4n) is 3.43. The molecule has 2 aliphatic heterocycles. The summed E-state index contributed by atoms with van der Waals surface area (Å²) in [5.74, 6) is 2.56. The monoisotopic (exact) mass is 311 g/mol. The molecule has 0 spiro atoms. The summed E-state index contributed by atoms with van der Waals surface area (Å²) in [6, 6.07) is 8.68. The lowest BCUT2D eigenvalue weighted by molar-refractivity contribution is 0.171. The molecule has 2 aliphatic rings. The molecule has 3 heterocycles. The number of fused-ring (bicyclic) bond motifs is 1. The minimum Gasteiger partial charge on any atom is -0.486 e. The van der Waals surface area contributed by atoms with Crippen LogP contribution in [-0.2, 0) is 6.54 Å². The lowest BCUT2D eigenvalue weighted by Crippen LogP contribution is -2.24. The van der Waals surface area contributed by atoms with Gasteiger partial charge in [-0.15, -0.1) is 0 Å². The van der Waals surface area contributed by atoms with E-state index in [4.69, 9.17) is 9.47 Å². The predicted octanol–water partition coefficient (Wildman–Crippen LogP) is 2.89. The quantitative estimate of drug-likeness (QED) is 0.872. The van der Waals surface area contributed by atoms with Crippen molar-refractivity contribution in [1.29, 1.82) is 0 Å². The lowest BCUT2D eigenvalue weighted by Gasteiger charge is -2.25. The third-order valence-electron chi connectivity index (χ3n) is 4.49. The molecule has 5 heteroatoms. The van der Waals surface area contributed by atoms with Crippen molar-refractivity contribution in [2.45, 2.75) is 32.4 Å². The summed E-state index contributed by atoms with van der Waals surface area (Å²) < 4.78 is 11.3. The van der Waals surface area contributed by atoms with E-state index in [-0.39, 0.29) is 0 Å². The molecular weight excluding hydrogens is 290 g/mol. The van der Waals surface area contributed by atoms with Crippen molar-refractivity contribution >= 4 is 0 Å². The van der Waals surface area contributed by atoms with Crippen molar-refractivity contribution in [1.82, 2.24) is 14.9 Å². The molecule has 0 aliphatic carbocycles. The van der Waals surface area contributed by atoms with E-state index >= 15 is 0 Å². The third kappa shape index (κ3) is 3.01. The van der Waals surface area contributed by atoms with Crippen molar-refractivity contribution < 1.29 is 9.47 Å². The molecule has 0 radical (unpaired) electrons. The van der Waals surface area contributed by atoms with Gasteiger partial charge in [0.25, 0.3) is 0 Å². The summed E-state index contributed by atoms with van der Waals surface area (Å²) in [6.45, 7) is 5.22. The zero-order chi connectivity index (χ0) is 15.6. The van der Waals surface area contributed by atoms with Gasteiger partial charge in [-0.1, -0.05) is 6.07 Å². The van der Waals surface area contributed by atoms with Crippen LogP contribution in [0.3, 0.4) is 0 Å². The van der Waals surface area contributed by atoms with Crippen LogP contribution in [0.15, 0.2) is 30.5 Å². The first kappa shape index (κ1) is 14.5. The van der Waals surface area contributed by atoms with Gasteiger partial charge in [-0.05, 0) is 50.1 Å². The normalized spacial score (nSPS) is 20.7. The van der Waals surface area contributed by atoms with Crippen LogP contribution in [0.4, 0.5) is 0 Å². The highest BCUT2D eigenvalue weighted by atomic mass is 16.6. The Balaban J connectivity index is 1.53. The molecular formula is C18H21N3O2. The Bertz CT molecular complexity index is 704. The van der Waals surface area contributed by atoms with E-state index in [1.165, 1.54) is 12.0 Å². The van der Waals surface area contributed by atoms with Crippen LogP contribution in [0, 0.1) is 6.92 Å². The average molecular weight is 311 g/mol. The first-order valence-electron chi connectivity index (χ1n) is 8.22. The van der Waals surface area contributed by atoms with Gasteiger partial charge in [0, 0.05) is 12.7 Å². The molecule has 0 unspecified atom stereocenters. The Labute approximate surface area is 136 Å². The maximum atomic E-state index is 5.69. The van der Waals surface area contributed by atoms with Gasteiger partial charge in [0.2, 0.25) is 0 Å². The molecule has 0 N–H and O–H groups in total. The molecule has 5 nitrogen and oxygen atoms in total. The number of ether oxygens (including phenoxy) is 2. The molecule has 1 fully saturated rings. The second-order valence-corrected chi connectivity index (χ2v) is 6.14. The van der Waals surface area contributed by atoms with Gasteiger partial charge < -0.3 is 9.47 Å². The van der Waals surface area contributed by atoms with Crippen LogP contribution in [0.1, 0.15) is 36.0 Å². The molecule has 0 bridgehead atoms. The Kier molecular flexibility index (Phi) is 3.87. The minimum absolute atomic E-state index is 0.380. The van der Waals surface area contributed by atoms with E-state index in [9.17, 15) is 0 Å². The molecule has 0 amide bonds. The number of likely N-dealkylation sites (tertiary alicyclic amines) is 1. The molecule has 4 rings (SSSR count). The van der Waals surface area contributed by atoms with Crippen molar-refractivity contribution in [2.75, 3.05) is 19.8 Å². The van der Waals surface area contributed by atoms with Crippen molar-refractivity contribution in [3.63, 3.8) is 0 Å². The molecule has 1 saturated heterocycles. The van der Waals surface area contributed by atoms with Crippen LogP contribution < -0.4 is 9.47 Å². The average Bonchev–Trinajstić information content (AvgIpc) is 3.03. The predicted molar refractivity (Wildman–Crippen MR) is 86.6 cm³/mol. The first-order valence-corrected chi connectivity index (χ1v) is 8.22. The van der Waals surface area contributed by atoms with Gasteiger partial charge in [-0.3, -0.25) is 4.90 Å². The smallest absolute Gasteiger partial charge is 0.161 e. The Hall–Kier alpha value is -2.14. The number of nitrogens with zero attached hydrogens (tertiary/aromatic N) is 3. The number of benzene rings is 1. The van der Waals surface area contributed by atoms with E-state index in [1.807, 2.05) is 25.3 Å². The molecule has 120 valence electrons. The molecule has 1 aromatic heterocycles. The summed E-state index contributed by atoms with van der Waals surface area (Å²) >= 11 is 0. The van der Waals surface area contributed by atoms with E-state index < -0.39 is 0 Å². The summed E-state index contributed by atoms with van der Waals surface area (Å²) in [4.78, 5) is 11.3. The Morgan fingerprint density at radius 1 is 1.17 bits per heavy atom. The van der Waals surface area contributed by atoms with Crippen LogP contribution in [0.2, 0.25) is 0 Å². The topological polar surface area (TPSA) is 47.5 Å².